The number of ether oxygens (including phenoxy) is 1. The van der Waals surface area contributed by atoms with Gasteiger partial charge in [0.2, 0.25) is 0 Å². The number of hydrogen-bond donors (Lipinski definition) is 0. The van der Waals surface area contributed by atoms with Gasteiger partial charge in [0.15, 0.2) is 0 Å². The Morgan fingerprint density at radius 1 is 1.56 bits per heavy atom. The van der Waals surface area contributed by atoms with Crippen LogP contribution in [0.5, 0.6) is 0 Å². The molecule has 1 aliphatic rings. The zero-order chi connectivity index (χ0) is 6.69. The fourth-order valence-corrected chi connectivity index (χ4v) is 1.28. The van der Waals surface area contributed by atoms with Gasteiger partial charge < -0.3 is 4.74 Å². The second-order valence-corrected chi connectivity index (χ2v) is 2.44. The van der Waals surface area contributed by atoms with Gasteiger partial charge in [0.05, 0.1) is 6.10 Å². The molecule has 9 heavy (non-hydrogen) atoms. The highest BCUT2D eigenvalue weighted by atomic mass is 19.1. The van der Waals surface area contributed by atoms with Crippen LogP contribution in [0, 0.1) is 0 Å². The highest BCUT2D eigenvalue weighted by molar-refractivity contribution is 4.76. The molecule has 1 fully saturated rings. The van der Waals surface area contributed by atoms with Crippen molar-refractivity contribution >= 4 is 0 Å². The lowest BCUT2D eigenvalue weighted by atomic mass is 10.3. The molecule has 0 N–H and O–H groups in total. The molecule has 1 nitrogen and oxygen atoms in total. The normalized spacial score (nSPS) is 35.3. The molecule has 2 atom stereocenters. The van der Waals surface area contributed by atoms with E-state index in [9.17, 15) is 4.39 Å². The first-order valence-corrected chi connectivity index (χ1v) is 3.60. The largest absolute Gasteiger partial charge is 0.375 e. The number of hydrogen-bond acceptors (Lipinski definition) is 1. The van der Waals surface area contributed by atoms with Crippen LogP contribution in [-0.4, -0.2) is 18.9 Å². The Kier molecular flexibility index (Phi) is 2.46. The van der Waals surface area contributed by atoms with Crippen molar-refractivity contribution in [2.75, 3.05) is 6.61 Å². The van der Waals surface area contributed by atoms with Crippen molar-refractivity contribution in [3.8, 4) is 0 Å². The third kappa shape index (κ3) is 1.65. The van der Waals surface area contributed by atoms with E-state index in [4.69, 9.17) is 4.74 Å². The summed E-state index contributed by atoms with van der Waals surface area (Å²) in [6.45, 7) is 2.55. The Balaban J connectivity index is 2.22. The third-order valence-electron chi connectivity index (χ3n) is 1.75. The zero-order valence-corrected chi connectivity index (χ0v) is 5.77. The topological polar surface area (TPSA) is 9.23 Å². The van der Waals surface area contributed by atoms with Gasteiger partial charge in [0.1, 0.15) is 6.17 Å². The molecule has 0 heterocycles. The average molecular weight is 132 g/mol. The molecule has 0 unspecified atom stereocenters. The lowest BCUT2D eigenvalue weighted by Crippen LogP contribution is -2.18. The summed E-state index contributed by atoms with van der Waals surface area (Å²) >= 11 is 0. The van der Waals surface area contributed by atoms with Gasteiger partial charge in [0, 0.05) is 6.61 Å². The van der Waals surface area contributed by atoms with Crippen LogP contribution in [0.15, 0.2) is 0 Å². The van der Waals surface area contributed by atoms with E-state index >= 15 is 0 Å². The van der Waals surface area contributed by atoms with Gasteiger partial charge in [-0.3, -0.25) is 0 Å². The molecule has 0 aromatic carbocycles. The highest BCUT2D eigenvalue weighted by Crippen LogP contribution is 2.24. The summed E-state index contributed by atoms with van der Waals surface area (Å²) < 4.78 is 17.8. The maximum atomic E-state index is 12.7. The zero-order valence-electron chi connectivity index (χ0n) is 5.77. The Morgan fingerprint density at radius 3 is 2.78 bits per heavy atom. The van der Waals surface area contributed by atoms with Crippen molar-refractivity contribution in [3.63, 3.8) is 0 Å². The molecule has 1 rings (SSSR count). The molecule has 0 bridgehead atoms. The standard InChI is InChI=1S/C7H13FO/c1-2-9-7-5-3-4-6(7)8/h6-7H,2-5H2,1H3/t6-,7-/m0/s1. The first kappa shape index (κ1) is 7.00. The molecule has 0 radical (unpaired) electrons. The minimum Gasteiger partial charge on any atom is -0.375 e. The molecular formula is C7H13FO. The summed E-state index contributed by atoms with van der Waals surface area (Å²) in [5.41, 5.74) is 0. The molecule has 54 valence electrons. The summed E-state index contributed by atoms with van der Waals surface area (Å²) in [6, 6.07) is 0. The van der Waals surface area contributed by atoms with Gasteiger partial charge in [-0.15, -0.1) is 0 Å². The SMILES string of the molecule is CCO[C@H]1CCC[C@@H]1F. The number of alkyl halides is 1. The maximum absolute atomic E-state index is 12.7. The molecule has 1 aliphatic carbocycles. The number of rotatable bonds is 2. The van der Waals surface area contributed by atoms with E-state index < -0.39 is 6.17 Å². The van der Waals surface area contributed by atoms with E-state index in [0.717, 1.165) is 12.8 Å². The molecule has 2 heteroatoms. The summed E-state index contributed by atoms with van der Waals surface area (Å²) in [5.74, 6) is 0. The van der Waals surface area contributed by atoms with E-state index in [0.29, 0.717) is 13.0 Å². The molecule has 0 amide bonds. The lowest BCUT2D eigenvalue weighted by molar-refractivity contribution is 0.0223. The fourth-order valence-electron chi connectivity index (χ4n) is 1.28. The molecule has 0 aromatic rings. The quantitative estimate of drug-likeness (QED) is 0.557. The summed E-state index contributed by atoms with van der Waals surface area (Å²) in [6.07, 6.45) is 1.82. The van der Waals surface area contributed by atoms with Crippen LogP contribution in [-0.2, 0) is 4.74 Å². The van der Waals surface area contributed by atoms with Crippen molar-refractivity contribution in [1.29, 1.82) is 0 Å². The van der Waals surface area contributed by atoms with Gasteiger partial charge in [0.25, 0.3) is 0 Å². The first-order valence-electron chi connectivity index (χ1n) is 3.60. The van der Waals surface area contributed by atoms with E-state index in [1.807, 2.05) is 6.92 Å². The second kappa shape index (κ2) is 3.16. The van der Waals surface area contributed by atoms with Crippen LogP contribution in [0.1, 0.15) is 26.2 Å². The minimum absolute atomic E-state index is 0.0880. The Labute approximate surface area is 55.2 Å². The fraction of sp³-hybridized carbons (Fsp3) is 1.00. The Morgan fingerprint density at radius 2 is 2.33 bits per heavy atom. The smallest absolute Gasteiger partial charge is 0.126 e. The van der Waals surface area contributed by atoms with E-state index in [1.54, 1.807) is 0 Å². The van der Waals surface area contributed by atoms with Crippen LogP contribution in [0.4, 0.5) is 4.39 Å². The third-order valence-corrected chi connectivity index (χ3v) is 1.75. The lowest BCUT2D eigenvalue weighted by Gasteiger charge is -2.11. The highest BCUT2D eigenvalue weighted by Gasteiger charge is 2.26. The summed E-state index contributed by atoms with van der Waals surface area (Å²) in [4.78, 5) is 0. The van der Waals surface area contributed by atoms with Crippen molar-refractivity contribution in [2.24, 2.45) is 0 Å². The monoisotopic (exact) mass is 132 g/mol. The summed E-state index contributed by atoms with van der Waals surface area (Å²) in [7, 11) is 0. The van der Waals surface area contributed by atoms with Gasteiger partial charge in [-0.2, -0.15) is 0 Å². The Hall–Kier alpha value is -0.110. The summed E-state index contributed by atoms with van der Waals surface area (Å²) in [5, 5.41) is 0. The molecule has 0 aromatic heterocycles. The second-order valence-electron chi connectivity index (χ2n) is 2.44. The van der Waals surface area contributed by atoms with Crippen molar-refractivity contribution in [2.45, 2.75) is 38.5 Å². The molecule has 0 saturated heterocycles. The number of halogens is 1. The van der Waals surface area contributed by atoms with Crippen molar-refractivity contribution < 1.29 is 9.13 Å². The van der Waals surface area contributed by atoms with Crippen molar-refractivity contribution in [3.05, 3.63) is 0 Å². The van der Waals surface area contributed by atoms with Crippen LogP contribution >= 0.6 is 0 Å². The van der Waals surface area contributed by atoms with E-state index in [-0.39, 0.29) is 6.10 Å². The predicted octanol–water partition coefficient (Wildman–Crippen LogP) is 1.91. The average Bonchev–Trinajstić information content (AvgIpc) is 2.18. The van der Waals surface area contributed by atoms with Gasteiger partial charge in [-0.25, -0.2) is 4.39 Å². The van der Waals surface area contributed by atoms with Crippen LogP contribution in [0.3, 0.4) is 0 Å². The van der Waals surface area contributed by atoms with E-state index in [2.05, 4.69) is 0 Å². The van der Waals surface area contributed by atoms with Gasteiger partial charge in [-0.1, -0.05) is 0 Å². The van der Waals surface area contributed by atoms with E-state index in [1.165, 1.54) is 0 Å². The van der Waals surface area contributed by atoms with Crippen molar-refractivity contribution in [1.82, 2.24) is 0 Å². The van der Waals surface area contributed by atoms with Gasteiger partial charge >= 0.3 is 0 Å². The van der Waals surface area contributed by atoms with Crippen LogP contribution in [0.25, 0.3) is 0 Å². The maximum Gasteiger partial charge on any atom is 0.126 e. The molecule has 1 saturated carbocycles. The molecule has 0 aliphatic heterocycles. The minimum atomic E-state index is -0.690. The molecule has 0 spiro atoms. The molecular weight excluding hydrogens is 119 g/mol. The van der Waals surface area contributed by atoms with Gasteiger partial charge in [-0.05, 0) is 26.2 Å². The first-order chi connectivity index (χ1) is 4.34. The van der Waals surface area contributed by atoms with Crippen LogP contribution in [0.2, 0.25) is 0 Å². The predicted molar refractivity (Wildman–Crippen MR) is 34.2 cm³/mol. The Bertz CT molecular complexity index is 85.0. The van der Waals surface area contributed by atoms with Crippen LogP contribution < -0.4 is 0 Å².